The summed E-state index contributed by atoms with van der Waals surface area (Å²) in [6.45, 7) is 0.920. The van der Waals surface area contributed by atoms with Crippen LogP contribution in [-0.2, 0) is 9.53 Å². The lowest BCUT2D eigenvalue weighted by Crippen LogP contribution is -2.43. The summed E-state index contributed by atoms with van der Waals surface area (Å²) in [6, 6.07) is 0. The number of amides is 1. The summed E-state index contributed by atoms with van der Waals surface area (Å²) in [5, 5.41) is 0. The fraction of sp³-hybridized carbons (Fsp3) is 0.500. The van der Waals surface area contributed by atoms with E-state index in [1.165, 1.54) is 19.5 Å². The Morgan fingerprint density at radius 2 is 2.16 bits per heavy atom. The second-order valence-corrected chi connectivity index (χ2v) is 4.40. The largest absolute Gasteiger partial charge is 0.469 e. The van der Waals surface area contributed by atoms with Crippen molar-refractivity contribution < 1.29 is 14.3 Å². The molecule has 0 saturated carbocycles. The molecule has 0 aliphatic carbocycles. The van der Waals surface area contributed by atoms with Crippen LogP contribution in [-0.4, -0.2) is 46.9 Å². The molecule has 2 heterocycles. The lowest BCUT2D eigenvalue weighted by atomic mass is 9.98. The molecule has 1 aromatic heterocycles. The normalized spacial score (nSPS) is 19.0. The van der Waals surface area contributed by atoms with Gasteiger partial charge in [0.15, 0.2) is 11.5 Å². The van der Waals surface area contributed by atoms with Gasteiger partial charge in [0.05, 0.1) is 13.0 Å². The van der Waals surface area contributed by atoms with Gasteiger partial charge in [-0.2, -0.15) is 0 Å². The number of piperidine rings is 1. The van der Waals surface area contributed by atoms with Gasteiger partial charge in [0.2, 0.25) is 0 Å². The molecule has 1 saturated heterocycles. The van der Waals surface area contributed by atoms with Crippen molar-refractivity contribution >= 4 is 17.7 Å². The predicted molar refractivity (Wildman–Crippen MR) is 67.1 cm³/mol. The number of methoxy groups -OCH3 is 1. The standard InChI is InChI=1S/C12H16N4O3/c1-19-12(18)8-3-2-6-16(7-8)11(17)9-10(13)15-5-4-14-9/h4-5,8H,2-3,6-7H2,1H3,(H2,13,15)/t8-/m0/s1. The molecule has 1 fully saturated rings. The van der Waals surface area contributed by atoms with E-state index in [-0.39, 0.29) is 29.3 Å². The van der Waals surface area contributed by atoms with Crippen LogP contribution in [0, 0.1) is 5.92 Å². The molecule has 0 radical (unpaired) electrons. The van der Waals surface area contributed by atoms with Gasteiger partial charge >= 0.3 is 5.97 Å². The zero-order valence-electron chi connectivity index (χ0n) is 10.7. The van der Waals surface area contributed by atoms with Crippen LogP contribution < -0.4 is 5.73 Å². The molecule has 7 nitrogen and oxygen atoms in total. The minimum Gasteiger partial charge on any atom is -0.469 e. The van der Waals surface area contributed by atoms with Crippen molar-refractivity contribution in [2.45, 2.75) is 12.8 Å². The van der Waals surface area contributed by atoms with E-state index < -0.39 is 0 Å². The van der Waals surface area contributed by atoms with Gasteiger partial charge in [0.1, 0.15) is 0 Å². The zero-order valence-corrected chi connectivity index (χ0v) is 10.7. The van der Waals surface area contributed by atoms with Gasteiger partial charge in [0.25, 0.3) is 5.91 Å². The van der Waals surface area contributed by atoms with Gasteiger partial charge in [-0.15, -0.1) is 0 Å². The van der Waals surface area contributed by atoms with Crippen LogP contribution in [0.25, 0.3) is 0 Å². The molecule has 1 aromatic rings. The van der Waals surface area contributed by atoms with E-state index in [0.717, 1.165) is 12.8 Å². The molecular weight excluding hydrogens is 248 g/mol. The number of hydrogen-bond acceptors (Lipinski definition) is 6. The number of aromatic nitrogens is 2. The molecule has 7 heteroatoms. The zero-order chi connectivity index (χ0) is 13.8. The summed E-state index contributed by atoms with van der Waals surface area (Å²) in [5.41, 5.74) is 5.77. The average Bonchev–Trinajstić information content (AvgIpc) is 2.46. The van der Waals surface area contributed by atoms with E-state index in [4.69, 9.17) is 10.5 Å². The third-order valence-electron chi connectivity index (χ3n) is 3.17. The van der Waals surface area contributed by atoms with Crippen LogP contribution in [0.4, 0.5) is 5.82 Å². The van der Waals surface area contributed by atoms with Crippen molar-refractivity contribution in [1.82, 2.24) is 14.9 Å². The van der Waals surface area contributed by atoms with Crippen LogP contribution >= 0.6 is 0 Å². The quantitative estimate of drug-likeness (QED) is 0.760. The van der Waals surface area contributed by atoms with Gasteiger partial charge in [0, 0.05) is 25.5 Å². The maximum atomic E-state index is 12.3. The van der Waals surface area contributed by atoms with E-state index in [1.54, 1.807) is 4.90 Å². The highest BCUT2D eigenvalue weighted by molar-refractivity contribution is 5.96. The first-order valence-electron chi connectivity index (χ1n) is 6.07. The van der Waals surface area contributed by atoms with E-state index in [9.17, 15) is 9.59 Å². The minimum absolute atomic E-state index is 0.104. The second-order valence-electron chi connectivity index (χ2n) is 4.40. The van der Waals surface area contributed by atoms with Crippen molar-refractivity contribution in [2.75, 3.05) is 25.9 Å². The summed E-state index contributed by atoms with van der Waals surface area (Å²) >= 11 is 0. The van der Waals surface area contributed by atoms with E-state index in [2.05, 4.69) is 9.97 Å². The number of ether oxygens (including phenoxy) is 1. The fourth-order valence-corrected chi connectivity index (χ4v) is 2.18. The van der Waals surface area contributed by atoms with Crippen LogP contribution in [0.2, 0.25) is 0 Å². The molecule has 0 spiro atoms. The number of anilines is 1. The Hall–Kier alpha value is -2.18. The van der Waals surface area contributed by atoms with E-state index in [0.29, 0.717) is 13.1 Å². The number of carbonyl (C=O) groups is 2. The average molecular weight is 264 g/mol. The number of likely N-dealkylation sites (tertiary alicyclic amines) is 1. The number of hydrogen-bond donors (Lipinski definition) is 1. The molecule has 0 aromatic carbocycles. The molecule has 1 aliphatic heterocycles. The predicted octanol–water partition coefficient (Wildman–Crippen LogP) is 0.0840. The molecule has 102 valence electrons. The van der Waals surface area contributed by atoms with Crippen molar-refractivity contribution in [2.24, 2.45) is 5.92 Å². The van der Waals surface area contributed by atoms with E-state index >= 15 is 0 Å². The molecule has 0 unspecified atom stereocenters. The third-order valence-corrected chi connectivity index (χ3v) is 3.17. The van der Waals surface area contributed by atoms with Crippen molar-refractivity contribution in [3.8, 4) is 0 Å². The van der Waals surface area contributed by atoms with Gasteiger partial charge in [-0.3, -0.25) is 9.59 Å². The Balaban J connectivity index is 2.11. The summed E-state index contributed by atoms with van der Waals surface area (Å²) in [4.78, 5) is 33.2. The Morgan fingerprint density at radius 1 is 1.42 bits per heavy atom. The summed E-state index contributed by atoms with van der Waals surface area (Å²) in [5.74, 6) is -0.753. The maximum absolute atomic E-state index is 12.3. The highest BCUT2D eigenvalue weighted by Crippen LogP contribution is 2.20. The first-order valence-corrected chi connectivity index (χ1v) is 6.07. The highest BCUT2D eigenvalue weighted by Gasteiger charge is 2.30. The van der Waals surface area contributed by atoms with Gasteiger partial charge < -0.3 is 15.4 Å². The van der Waals surface area contributed by atoms with Crippen LogP contribution in [0.15, 0.2) is 12.4 Å². The summed E-state index contributed by atoms with van der Waals surface area (Å²) in [6.07, 6.45) is 4.34. The Morgan fingerprint density at radius 3 is 2.84 bits per heavy atom. The van der Waals surface area contributed by atoms with Crippen LogP contribution in [0.1, 0.15) is 23.3 Å². The van der Waals surface area contributed by atoms with Gasteiger partial charge in [-0.05, 0) is 12.8 Å². The number of rotatable bonds is 2. The molecular formula is C12H16N4O3. The van der Waals surface area contributed by atoms with Crippen molar-refractivity contribution in [3.05, 3.63) is 18.1 Å². The molecule has 2 rings (SSSR count). The monoisotopic (exact) mass is 264 g/mol. The smallest absolute Gasteiger partial charge is 0.310 e. The summed E-state index contributed by atoms with van der Waals surface area (Å²) in [7, 11) is 1.35. The number of nitrogen functional groups attached to an aromatic ring is 1. The molecule has 19 heavy (non-hydrogen) atoms. The molecule has 1 amide bonds. The van der Waals surface area contributed by atoms with Crippen LogP contribution in [0.5, 0.6) is 0 Å². The maximum Gasteiger partial charge on any atom is 0.310 e. The second kappa shape index (κ2) is 5.64. The Labute approximate surface area is 110 Å². The topological polar surface area (TPSA) is 98.4 Å². The van der Waals surface area contributed by atoms with Crippen LogP contribution in [0.3, 0.4) is 0 Å². The number of nitrogens with two attached hydrogens (primary N) is 1. The fourth-order valence-electron chi connectivity index (χ4n) is 2.18. The number of nitrogens with zero attached hydrogens (tertiary/aromatic N) is 3. The third kappa shape index (κ3) is 2.81. The molecule has 0 bridgehead atoms. The molecule has 2 N–H and O–H groups in total. The lowest BCUT2D eigenvalue weighted by molar-refractivity contribution is -0.146. The minimum atomic E-state index is -0.292. The molecule has 1 atom stereocenters. The van der Waals surface area contributed by atoms with Crippen molar-refractivity contribution in [1.29, 1.82) is 0 Å². The Bertz CT molecular complexity index is 492. The highest BCUT2D eigenvalue weighted by atomic mass is 16.5. The lowest BCUT2D eigenvalue weighted by Gasteiger charge is -2.31. The summed E-state index contributed by atoms with van der Waals surface area (Å²) < 4.78 is 4.72. The molecule has 1 aliphatic rings. The number of esters is 1. The van der Waals surface area contributed by atoms with E-state index in [1.807, 2.05) is 0 Å². The van der Waals surface area contributed by atoms with Gasteiger partial charge in [-0.25, -0.2) is 9.97 Å². The first-order chi connectivity index (χ1) is 9.13. The van der Waals surface area contributed by atoms with Gasteiger partial charge in [-0.1, -0.05) is 0 Å². The SMILES string of the molecule is COC(=O)[C@H]1CCCN(C(=O)c2nccnc2N)C1. The first kappa shape index (κ1) is 13.3. The Kier molecular flexibility index (Phi) is 3.94. The van der Waals surface area contributed by atoms with Crippen molar-refractivity contribution in [3.63, 3.8) is 0 Å². The number of carbonyl (C=O) groups excluding carboxylic acids is 2.